The van der Waals surface area contributed by atoms with Crippen LogP contribution in [0.25, 0.3) is 0 Å². The molecule has 1 rings (SSSR count). The molecule has 0 spiro atoms. The first-order valence-corrected chi connectivity index (χ1v) is 3.33. The smallest absolute Gasteiger partial charge is 0.0253 e. The van der Waals surface area contributed by atoms with E-state index in [-0.39, 0.29) is 0 Å². The van der Waals surface area contributed by atoms with Crippen LogP contribution in [-0.4, -0.2) is 12.6 Å². The second-order valence-corrected chi connectivity index (χ2v) is 2.23. The van der Waals surface area contributed by atoms with Gasteiger partial charge in [0.25, 0.3) is 0 Å². The second-order valence-electron chi connectivity index (χ2n) is 2.23. The molecule has 0 radical (unpaired) electrons. The molecule has 1 nitrogen and oxygen atoms in total. The highest BCUT2D eigenvalue weighted by molar-refractivity contribution is 5.01. The summed E-state index contributed by atoms with van der Waals surface area (Å²) in [6.45, 7) is 3.29. The van der Waals surface area contributed by atoms with Gasteiger partial charge in [0.05, 0.1) is 0 Å². The van der Waals surface area contributed by atoms with E-state index >= 15 is 0 Å². The highest BCUT2D eigenvalue weighted by atomic mass is 14.9. The van der Waals surface area contributed by atoms with Crippen LogP contribution in [0.4, 0.5) is 0 Å². The van der Waals surface area contributed by atoms with E-state index in [9.17, 15) is 0 Å². The van der Waals surface area contributed by atoms with Crippen molar-refractivity contribution in [2.45, 2.75) is 25.8 Å². The first kappa shape index (κ1) is 5.83. The Balaban J connectivity index is 2.16. The van der Waals surface area contributed by atoms with E-state index in [1.165, 1.54) is 12.8 Å². The van der Waals surface area contributed by atoms with Crippen LogP contribution in [0.5, 0.6) is 0 Å². The van der Waals surface area contributed by atoms with Gasteiger partial charge in [-0.1, -0.05) is 25.5 Å². The fraction of sp³-hybridized carbons (Fsp3) is 0.714. The summed E-state index contributed by atoms with van der Waals surface area (Å²) in [5.41, 5.74) is 0. The molecule has 1 atom stereocenters. The van der Waals surface area contributed by atoms with E-state index in [1.807, 2.05) is 0 Å². The molecule has 0 aliphatic carbocycles. The van der Waals surface area contributed by atoms with E-state index in [1.54, 1.807) is 0 Å². The van der Waals surface area contributed by atoms with E-state index in [2.05, 4.69) is 24.4 Å². The molecule has 0 fully saturated rings. The van der Waals surface area contributed by atoms with E-state index in [0.29, 0.717) is 6.04 Å². The number of nitrogens with one attached hydrogen (secondary N) is 1. The Bertz CT molecular complexity index is 86.4. The SMILES string of the molecule is CCCC1C=CCN1. The molecule has 1 heterocycles. The van der Waals surface area contributed by atoms with Crippen LogP contribution in [0.1, 0.15) is 19.8 Å². The van der Waals surface area contributed by atoms with Crippen LogP contribution < -0.4 is 5.32 Å². The number of hydrogen-bond donors (Lipinski definition) is 1. The summed E-state index contributed by atoms with van der Waals surface area (Å²) in [7, 11) is 0. The maximum Gasteiger partial charge on any atom is 0.0253 e. The summed E-state index contributed by atoms with van der Waals surface area (Å²) >= 11 is 0. The topological polar surface area (TPSA) is 12.0 Å². The fourth-order valence-corrected chi connectivity index (χ4v) is 1.03. The highest BCUT2D eigenvalue weighted by Gasteiger charge is 2.04. The normalized spacial score (nSPS) is 26.9. The van der Waals surface area contributed by atoms with Crippen LogP contribution in [0, 0.1) is 0 Å². The Kier molecular flexibility index (Phi) is 2.10. The molecular weight excluding hydrogens is 98.1 g/mol. The molecule has 0 bridgehead atoms. The summed E-state index contributed by atoms with van der Waals surface area (Å²) in [5, 5.41) is 3.35. The minimum atomic E-state index is 0.681. The predicted octanol–water partition coefficient (Wildman–Crippen LogP) is 1.31. The first-order chi connectivity index (χ1) is 3.93. The molecular formula is C7H13N. The minimum absolute atomic E-state index is 0.681. The Morgan fingerprint density at radius 2 is 2.62 bits per heavy atom. The quantitative estimate of drug-likeness (QED) is 0.530. The summed E-state index contributed by atoms with van der Waals surface area (Å²) in [6.07, 6.45) is 7.02. The Hall–Kier alpha value is -0.300. The van der Waals surface area contributed by atoms with Crippen LogP contribution in [0.15, 0.2) is 12.2 Å². The van der Waals surface area contributed by atoms with Gasteiger partial charge in [0.15, 0.2) is 0 Å². The molecule has 0 aromatic rings. The maximum absolute atomic E-state index is 3.35. The third-order valence-electron chi connectivity index (χ3n) is 1.47. The zero-order valence-corrected chi connectivity index (χ0v) is 5.35. The molecule has 1 unspecified atom stereocenters. The van der Waals surface area contributed by atoms with E-state index < -0.39 is 0 Å². The lowest BCUT2D eigenvalue weighted by atomic mass is 10.2. The molecule has 1 aliphatic rings. The third-order valence-corrected chi connectivity index (χ3v) is 1.47. The van der Waals surface area contributed by atoms with Gasteiger partial charge in [0.2, 0.25) is 0 Å². The average Bonchev–Trinajstić information content (AvgIpc) is 2.19. The highest BCUT2D eigenvalue weighted by Crippen LogP contribution is 2.01. The van der Waals surface area contributed by atoms with Gasteiger partial charge in [0, 0.05) is 12.6 Å². The van der Waals surface area contributed by atoms with E-state index in [0.717, 1.165) is 6.54 Å². The van der Waals surface area contributed by atoms with Crippen molar-refractivity contribution in [2.75, 3.05) is 6.54 Å². The fourth-order valence-electron chi connectivity index (χ4n) is 1.03. The van der Waals surface area contributed by atoms with Crippen molar-refractivity contribution >= 4 is 0 Å². The van der Waals surface area contributed by atoms with Crippen molar-refractivity contribution in [1.82, 2.24) is 5.32 Å². The molecule has 1 heteroatoms. The lowest BCUT2D eigenvalue weighted by Gasteiger charge is -2.04. The minimum Gasteiger partial charge on any atom is -0.307 e. The molecule has 0 saturated carbocycles. The van der Waals surface area contributed by atoms with Crippen LogP contribution in [0.2, 0.25) is 0 Å². The summed E-state index contributed by atoms with van der Waals surface area (Å²) in [6, 6.07) is 0.681. The van der Waals surface area contributed by atoms with Crippen LogP contribution in [0.3, 0.4) is 0 Å². The molecule has 1 aliphatic heterocycles. The van der Waals surface area contributed by atoms with Gasteiger partial charge in [-0.15, -0.1) is 0 Å². The van der Waals surface area contributed by atoms with Gasteiger partial charge in [0.1, 0.15) is 0 Å². The van der Waals surface area contributed by atoms with Gasteiger partial charge in [-0.25, -0.2) is 0 Å². The summed E-state index contributed by atoms with van der Waals surface area (Å²) in [4.78, 5) is 0. The van der Waals surface area contributed by atoms with Gasteiger partial charge in [-0.05, 0) is 6.42 Å². The predicted molar refractivity (Wildman–Crippen MR) is 35.8 cm³/mol. The van der Waals surface area contributed by atoms with Crippen molar-refractivity contribution in [3.8, 4) is 0 Å². The molecule has 0 saturated heterocycles. The van der Waals surface area contributed by atoms with E-state index in [4.69, 9.17) is 0 Å². The number of rotatable bonds is 2. The number of hydrogen-bond acceptors (Lipinski definition) is 1. The molecule has 8 heavy (non-hydrogen) atoms. The first-order valence-electron chi connectivity index (χ1n) is 3.33. The van der Waals surface area contributed by atoms with Crippen molar-refractivity contribution in [2.24, 2.45) is 0 Å². The van der Waals surface area contributed by atoms with Crippen LogP contribution in [-0.2, 0) is 0 Å². The Morgan fingerprint density at radius 3 is 3.12 bits per heavy atom. The largest absolute Gasteiger partial charge is 0.307 e. The van der Waals surface area contributed by atoms with Gasteiger partial charge >= 0.3 is 0 Å². The summed E-state index contributed by atoms with van der Waals surface area (Å²) < 4.78 is 0. The monoisotopic (exact) mass is 111 g/mol. The van der Waals surface area contributed by atoms with Crippen molar-refractivity contribution in [3.63, 3.8) is 0 Å². The third kappa shape index (κ3) is 1.34. The zero-order chi connectivity index (χ0) is 5.82. The molecule has 46 valence electrons. The van der Waals surface area contributed by atoms with Crippen molar-refractivity contribution in [3.05, 3.63) is 12.2 Å². The molecule has 0 aromatic carbocycles. The summed E-state index contributed by atoms with van der Waals surface area (Å²) in [5.74, 6) is 0. The zero-order valence-electron chi connectivity index (χ0n) is 5.35. The average molecular weight is 111 g/mol. The Labute approximate surface area is 50.8 Å². The van der Waals surface area contributed by atoms with Crippen LogP contribution >= 0.6 is 0 Å². The lowest BCUT2D eigenvalue weighted by molar-refractivity contribution is 0.607. The molecule has 0 aromatic heterocycles. The maximum atomic E-state index is 3.35. The van der Waals surface area contributed by atoms with Gasteiger partial charge in [-0.3, -0.25) is 0 Å². The second kappa shape index (κ2) is 2.88. The Morgan fingerprint density at radius 1 is 1.75 bits per heavy atom. The lowest BCUT2D eigenvalue weighted by Crippen LogP contribution is -2.21. The van der Waals surface area contributed by atoms with Gasteiger partial charge in [-0.2, -0.15) is 0 Å². The molecule has 0 amide bonds. The van der Waals surface area contributed by atoms with Gasteiger partial charge < -0.3 is 5.32 Å². The standard InChI is InChI=1S/C7H13N/c1-2-4-7-5-3-6-8-7/h3,5,7-8H,2,4,6H2,1H3. The molecule has 1 N–H and O–H groups in total. The van der Waals surface area contributed by atoms with Crippen molar-refractivity contribution in [1.29, 1.82) is 0 Å². The van der Waals surface area contributed by atoms with Crippen molar-refractivity contribution < 1.29 is 0 Å².